The van der Waals surface area contributed by atoms with E-state index in [1.54, 1.807) is 0 Å². The van der Waals surface area contributed by atoms with Gasteiger partial charge in [-0.1, -0.05) is 23.7 Å². The third kappa shape index (κ3) is 2.86. The van der Waals surface area contributed by atoms with E-state index in [0.29, 0.717) is 5.92 Å². The summed E-state index contributed by atoms with van der Waals surface area (Å²) in [7, 11) is 0. The lowest BCUT2D eigenvalue weighted by Gasteiger charge is -2.35. The summed E-state index contributed by atoms with van der Waals surface area (Å²) in [6.07, 6.45) is 4.87. The maximum atomic E-state index is 10.0. The van der Waals surface area contributed by atoms with Crippen molar-refractivity contribution in [3.05, 3.63) is 34.9 Å². The van der Waals surface area contributed by atoms with Crippen LogP contribution in [0.4, 0.5) is 0 Å². The molecule has 1 heterocycles. The molecule has 0 amide bonds. The first kappa shape index (κ1) is 14.3. The van der Waals surface area contributed by atoms with Gasteiger partial charge in [0.15, 0.2) is 0 Å². The maximum absolute atomic E-state index is 10.0. The van der Waals surface area contributed by atoms with Crippen LogP contribution in [0.15, 0.2) is 24.3 Å². The minimum atomic E-state index is -0.337. The van der Waals surface area contributed by atoms with Crippen LogP contribution in [0.1, 0.15) is 31.2 Å². The second kappa shape index (κ2) is 6.02. The summed E-state index contributed by atoms with van der Waals surface area (Å²) in [6.45, 7) is 1.79. The Kier molecular flexibility index (Phi) is 4.32. The van der Waals surface area contributed by atoms with Gasteiger partial charge in [-0.3, -0.25) is 0 Å². The van der Waals surface area contributed by atoms with E-state index in [2.05, 4.69) is 5.32 Å². The SMILES string of the molecule is OCC(NCC1CCCO1)(c1ccc(Cl)cc1)C1CC1. The topological polar surface area (TPSA) is 41.5 Å². The van der Waals surface area contributed by atoms with Gasteiger partial charge in [0.25, 0.3) is 0 Å². The van der Waals surface area contributed by atoms with Crippen molar-refractivity contribution >= 4 is 11.6 Å². The van der Waals surface area contributed by atoms with Gasteiger partial charge in [-0.15, -0.1) is 0 Å². The lowest BCUT2D eigenvalue weighted by molar-refractivity contribution is 0.0801. The zero-order chi connectivity index (χ0) is 14.0. The first-order chi connectivity index (χ1) is 9.74. The quantitative estimate of drug-likeness (QED) is 0.848. The Hall–Kier alpha value is -0.610. The third-order valence-corrected chi connectivity index (χ3v) is 4.80. The molecular weight excluding hydrogens is 274 g/mol. The Labute approximate surface area is 125 Å². The number of rotatable bonds is 6. The molecular formula is C16H22ClNO2. The molecule has 3 rings (SSSR count). The molecule has 1 aliphatic carbocycles. The van der Waals surface area contributed by atoms with Crippen molar-refractivity contribution in [1.82, 2.24) is 5.32 Å². The fourth-order valence-corrected chi connectivity index (χ4v) is 3.31. The molecule has 2 unspecified atom stereocenters. The summed E-state index contributed by atoms with van der Waals surface area (Å²) in [5, 5.41) is 14.4. The highest BCUT2D eigenvalue weighted by Crippen LogP contribution is 2.45. The molecule has 0 radical (unpaired) electrons. The van der Waals surface area contributed by atoms with Crippen molar-refractivity contribution in [2.24, 2.45) is 5.92 Å². The van der Waals surface area contributed by atoms with E-state index in [4.69, 9.17) is 16.3 Å². The first-order valence-corrected chi connectivity index (χ1v) is 7.86. The zero-order valence-corrected chi connectivity index (χ0v) is 12.4. The van der Waals surface area contributed by atoms with Crippen LogP contribution in [-0.2, 0) is 10.3 Å². The smallest absolute Gasteiger partial charge is 0.0700 e. The molecule has 2 atom stereocenters. The molecule has 1 saturated carbocycles. The van der Waals surface area contributed by atoms with Crippen LogP contribution in [-0.4, -0.2) is 31.0 Å². The molecule has 0 aromatic heterocycles. The fraction of sp³-hybridized carbons (Fsp3) is 0.625. The van der Waals surface area contributed by atoms with Gasteiger partial charge in [-0.05, 0) is 49.3 Å². The lowest BCUT2D eigenvalue weighted by Crippen LogP contribution is -2.50. The molecule has 3 nitrogen and oxygen atoms in total. The predicted octanol–water partition coefficient (Wildman–Crippen LogP) is 2.71. The number of hydrogen-bond acceptors (Lipinski definition) is 3. The van der Waals surface area contributed by atoms with Gasteiger partial charge in [-0.25, -0.2) is 0 Å². The summed E-state index contributed by atoms with van der Waals surface area (Å²) < 4.78 is 5.68. The van der Waals surface area contributed by atoms with Gasteiger partial charge in [0.2, 0.25) is 0 Å². The number of nitrogens with one attached hydrogen (secondary N) is 1. The molecule has 1 saturated heterocycles. The Morgan fingerprint density at radius 2 is 2.00 bits per heavy atom. The zero-order valence-electron chi connectivity index (χ0n) is 11.6. The van der Waals surface area contributed by atoms with E-state index in [0.717, 1.165) is 36.6 Å². The highest BCUT2D eigenvalue weighted by Gasteiger charge is 2.46. The van der Waals surface area contributed by atoms with Crippen LogP contribution in [0.25, 0.3) is 0 Å². The molecule has 4 heteroatoms. The average molecular weight is 296 g/mol. The number of halogens is 1. The Morgan fingerprint density at radius 1 is 1.25 bits per heavy atom. The summed E-state index contributed by atoms with van der Waals surface area (Å²) in [6, 6.07) is 7.85. The predicted molar refractivity (Wildman–Crippen MR) is 79.9 cm³/mol. The monoisotopic (exact) mass is 295 g/mol. The van der Waals surface area contributed by atoms with Gasteiger partial charge in [0.05, 0.1) is 18.2 Å². The van der Waals surface area contributed by atoms with Crippen molar-refractivity contribution in [1.29, 1.82) is 0 Å². The van der Waals surface area contributed by atoms with Gasteiger partial charge < -0.3 is 15.2 Å². The van der Waals surface area contributed by atoms with Crippen LogP contribution in [0.2, 0.25) is 5.02 Å². The lowest BCUT2D eigenvalue weighted by atomic mass is 9.85. The number of hydrogen-bond donors (Lipinski definition) is 2. The fourth-order valence-electron chi connectivity index (χ4n) is 3.18. The van der Waals surface area contributed by atoms with Crippen LogP contribution < -0.4 is 5.32 Å². The highest BCUT2D eigenvalue weighted by molar-refractivity contribution is 6.30. The molecule has 2 fully saturated rings. The minimum absolute atomic E-state index is 0.117. The summed E-state index contributed by atoms with van der Waals surface area (Å²) in [5.74, 6) is 0.509. The van der Waals surface area contributed by atoms with Gasteiger partial charge >= 0.3 is 0 Å². The third-order valence-electron chi connectivity index (χ3n) is 4.55. The van der Waals surface area contributed by atoms with Gasteiger partial charge in [-0.2, -0.15) is 0 Å². The molecule has 110 valence electrons. The molecule has 1 aromatic rings. The van der Waals surface area contributed by atoms with Crippen LogP contribution >= 0.6 is 11.6 Å². The largest absolute Gasteiger partial charge is 0.394 e. The van der Waals surface area contributed by atoms with E-state index in [1.165, 1.54) is 12.8 Å². The second-order valence-electron chi connectivity index (χ2n) is 5.93. The first-order valence-electron chi connectivity index (χ1n) is 7.48. The highest BCUT2D eigenvalue weighted by atomic mass is 35.5. The van der Waals surface area contributed by atoms with Crippen molar-refractivity contribution in [3.8, 4) is 0 Å². The van der Waals surface area contributed by atoms with Crippen molar-refractivity contribution in [2.45, 2.75) is 37.3 Å². The van der Waals surface area contributed by atoms with E-state index < -0.39 is 0 Å². The number of aliphatic hydroxyl groups excluding tert-OH is 1. The molecule has 2 aliphatic rings. The van der Waals surface area contributed by atoms with Crippen molar-refractivity contribution < 1.29 is 9.84 Å². The van der Waals surface area contributed by atoms with Crippen molar-refractivity contribution in [2.75, 3.05) is 19.8 Å². The molecule has 0 bridgehead atoms. The molecule has 1 aromatic carbocycles. The Balaban J connectivity index is 1.78. The minimum Gasteiger partial charge on any atom is -0.394 e. The molecule has 1 aliphatic heterocycles. The van der Waals surface area contributed by atoms with E-state index in [-0.39, 0.29) is 18.2 Å². The number of ether oxygens (including phenoxy) is 1. The Bertz CT molecular complexity index is 440. The van der Waals surface area contributed by atoms with E-state index in [1.807, 2.05) is 24.3 Å². The van der Waals surface area contributed by atoms with Gasteiger partial charge in [0.1, 0.15) is 0 Å². The van der Waals surface area contributed by atoms with E-state index >= 15 is 0 Å². The average Bonchev–Trinajstić information content (AvgIpc) is 3.19. The molecule has 20 heavy (non-hydrogen) atoms. The standard InChI is InChI=1S/C16H22ClNO2/c17-14-7-5-13(6-8-14)16(11-19,12-3-4-12)18-10-15-2-1-9-20-15/h5-8,12,15,18-19H,1-4,9-11H2. The van der Waals surface area contributed by atoms with Crippen LogP contribution in [0.3, 0.4) is 0 Å². The normalized spacial score (nSPS) is 25.6. The summed E-state index contributed by atoms with van der Waals surface area (Å²) in [4.78, 5) is 0. The maximum Gasteiger partial charge on any atom is 0.0700 e. The number of benzene rings is 1. The molecule has 2 N–H and O–H groups in total. The van der Waals surface area contributed by atoms with Crippen molar-refractivity contribution in [3.63, 3.8) is 0 Å². The second-order valence-corrected chi connectivity index (χ2v) is 6.36. The van der Waals surface area contributed by atoms with Crippen LogP contribution in [0, 0.1) is 5.92 Å². The molecule has 0 spiro atoms. The van der Waals surface area contributed by atoms with Crippen LogP contribution in [0.5, 0.6) is 0 Å². The summed E-state index contributed by atoms with van der Waals surface area (Å²) >= 11 is 5.98. The Morgan fingerprint density at radius 3 is 2.55 bits per heavy atom. The number of aliphatic hydroxyl groups is 1. The summed E-state index contributed by atoms with van der Waals surface area (Å²) in [5.41, 5.74) is 0.793. The van der Waals surface area contributed by atoms with E-state index in [9.17, 15) is 5.11 Å². The van der Waals surface area contributed by atoms with Gasteiger partial charge in [0, 0.05) is 18.2 Å².